The molecule has 2 aliphatic rings. The van der Waals surface area contributed by atoms with Crippen LogP contribution in [0.25, 0.3) is 0 Å². The van der Waals surface area contributed by atoms with Gasteiger partial charge in [-0.2, -0.15) is 0 Å². The Morgan fingerprint density at radius 2 is 1.87 bits per heavy atom. The second-order valence-corrected chi connectivity index (χ2v) is 5.78. The van der Waals surface area contributed by atoms with Crippen molar-refractivity contribution in [3.05, 3.63) is 29.8 Å². The Balaban J connectivity index is 1.77. The highest BCUT2D eigenvalue weighted by atomic mass is 16.4. The molecule has 0 spiro atoms. The number of benzene rings is 1. The molecule has 2 N–H and O–H groups in total. The van der Waals surface area contributed by atoms with E-state index in [-0.39, 0.29) is 11.9 Å². The summed E-state index contributed by atoms with van der Waals surface area (Å²) in [5.41, 5.74) is 1.17. The van der Waals surface area contributed by atoms with E-state index in [0.717, 1.165) is 18.5 Å². The van der Waals surface area contributed by atoms with Crippen LogP contribution < -0.4 is 10.2 Å². The first-order valence-corrected chi connectivity index (χ1v) is 7.77. The molecule has 122 valence electrons. The van der Waals surface area contributed by atoms with E-state index in [4.69, 9.17) is 0 Å². The smallest absolute Gasteiger partial charge is 0.326 e. The molecule has 23 heavy (non-hydrogen) atoms. The molecule has 7 nitrogen and oxygen atoms in total. The van der Waals surface area contributed by atoms with E-state index >= 15 is 0 Å². The number of carboxylic acid groups (broad SMARTS) is 1. The maximum atomic E-state index is 12.6. The highest BCUT2D eigenvalue weighted by Gasteiger charge is 2.32. The number of piperidine rings is 1. The fourth-order valence-corrected chi connectivity index (χ4v) is 3.10. The summed E-state index contributed by atoms with van der Waals surface area (Å²) in [6.45, 7) is 1.67. The summed E-state index contributed by atoms with van der Waals surface area (Å²) in [5.74, 6) is -1.22. The van der Waals surface area contributed by atoms with Gasteiger partial charge in [-0.05, 0) is 43.5 Å². The van der Waals surface area contributed by atoms with Gasteiger partial charge in [0.05, 0.1) is 0 Å². The van der Waals surface area contributed by atoms with Gasteiger partial charge in [0.15, 0.2) is 0 Å². The normalized spacial score (nSPS) is 21.2. The van der Waals surface area contributed by atoms with Crippen molar-refractivity contribution >= 4 is 23.6 Å². The third-order valence-electron chi connectivity index (χ3n) is 4.33. The lowest BCUT2D eigenvalue weighted by molar-refractivity contribution is -0.143. The van der Waals surface area contributed by atoms with Crippen molar-refractivity contribution in [2.45, 2.75) is 25.3 Å². The third kappa shape index (κ3) is 2.99. The highest BCUT2D eigenvalue weighted by Crippen LogP contribution is 2.22. The number of carboxylic acids is 1. The van der Waals surface area contributed by atoms with Crippen molar-refractivity contribution in [2.24, 2.45) is 0 Å². The number of carbonyl (C=O) groups excluding carboxylic acids is 2. The predicted octanol–water partition coefficient (Wildman–Crippen LogP) is 1.30. The highest BCUT2D eigenvalue weighted by molar-refractivity contribution is 5.98. The van der Waals surface area contributed by atoms with Crippen molar-refractivity contribution in [3.63, 3.8) is 0 Å². The molecule has 1 aromatic rings. The number of aliphatic carboxylic acids is 1. The lowest BCUT2D eigenvalue weighted by Gasteiger charge is -2.33. The average molecular weight is 317 g/mol. The SMILES string of the molecule is O=C(O)C1CCCCN1C(=O)c1ccc(N2CCNC2=O)cc1. The molecule has 3 rings (SSSR count). The fourth-order valence-electron chi connectivity index (χ4n) is 3.10. The summed E-state index contributed by atoms with van der Waals surface area (Å²) < 4.78 is 0. The van der Waals surface area contributed by atoms with Crippen LogP contribution >= 0.6 is 0 Å². The van der Waals surface area contributed by atoms with Crippen molar-refractivity contribution in [3.8, 4) is 0 Å². The Hall–Kier alpha value is -2.57. The van der Waals surface area contributed by atoms with Gasteiger partial charge >= 0.3 is 12.0 Å². The molecule has 2 fully saturated rings. The van der Waals surface area contributed by atoms with Gasteiger partial charge in [0.2, 0.25) is 0 Å². The molecule has 3 amide bonds. The second-order valence-electron chi connectivity index (χ2n) is 5.78. The monoisotopic (exact) mass is 317 g/mol. The van der Waals surface area contributed by atoms with Crippen molar-refractivity contribution in [2.75, 3.05) is 24.5 Å². The molecule has 1 unspecified atom stereocenters. The van der Waals surface area contributed by atoms with E-state index in [9.17, 15) is 19.5 Å². The van der Waals surface area contributed by atoms with E-state index in [1.54, 1.807) is 29.2 Å². The van der Waals surface area contributed by atoms with Crippen LogP contribution in [0.3, 0.4) is 0 Å². The second kappa shape index (κ2) is 6.28. The maximum Gasteiger partial charge on any atom is 0.326 e. The Morgan fingerprint density at radius 3 is 2.48 bits per heavy atom. The van der Waals surface area contributed by atoms with Gasteiger partial charge < -0.3 is 15.3 Å². The van der Waals surface area contributed by atoms with Crippen molar-refractivity contribution in [1.82, 2.24) is 10.2 Å². The molecule has 0 bridgehead atoms. The maximum absolute atomic E-state index is 12.6. The molecule has 0 aliphatic carbocycles. The van der Waals surface area contributed by atoms with Crippen LogP contribution in [-0.2, 0) is 4.79 Å². The summed E-state index contributed by atoms with van der Waals surface area (Å²) in [7, 11) is 0. The molecule has 1 aromatic carbocycles. The van der Waals surface area contributed by atoms with Gasteiger partial charge in [-0.15, -0.1) is 0 Å². The molecule has 2 aliphatic heterocycles. The van der Waals surface area contributed by atoms with E-state index in [0.29, 0.717) is 31.6 Å². The van der Waals surface area contributed by atoms with Gasteiger partial charge in [0.1, 0.15) is 6.04 Å². The third-order valence-corrected chi connectivity index (χ3v) is 4.33. The largest absolute Gasteiger partial charge is 0.480 e. The molecular weight excluding hydrogens is 298 g/mol. The summed E-state index contributed by atoms with van der Waals surface area (Å²) in [5, 5.41) is 12.0. The van der Waals surface area contributed by atoms with Gasteiger partial charge in [0.25, 0.3) is 5.91 Å². The lowest BCUT2D eigenvalue weighted by atomic mass is 10.0. The first kappa shape index (κ1) is 15.3. The number of rotatable bonds is 3. The molecule has 7 heteroatoms. The number of nitrogens with one attached hydrogen (secondary N) is 1. The Labute approximate surface area is 133 Å². The molecular formula is C16H19N3O4. The zero-order valence-corrected chi connectivity index (χ0v) is 12.7. The standard InChI is InChI=1S/C16H19N3O4/c20-14(19-9-2-1-3-13(19)15(21)22)11-4-6-12(7-5-11)18-10-8-17-16(18)23/h4-7,13H,1-3,8-10H2,(H,17,23)(H,21,22). The number of hydrogen-bond acceptors (Lipinski definition) is 3. The summed E-state index contributed by atoms with van der Waals surface area (Å²) >= 11 is 0. The summed E-state index contributed by atoms with van der Waals surface area (Å²) in [6, 6.07) is 5.84. The number of likely N-dealkylation sites (tertiary alicyclic amines) is 1. The van der Waals surface area contributed by atoms with E-state index in [1.807, 2.05) is 0 Å². The number of anilines is 1. The van der Waals surface area contributed by atoms with Crippen LogP contribution in [0.2, 0.25) is 0 Å². The van der Waals surface area contributed by atoms with Gasteiger partial charge in [0, 0.05) is 30.9 Å². The van der Waals surface area contributed by atoms with Crippen LogP contribution in [0.15, 0.2) is 24.3 Å². The Bertz CT molecular complexity index is 629. The predicted molar refractivity (Wildman–Crippen MR) is 83.5 cm³/mol. The molecule has 0 aromatic heterocycles. The topological polar surface area (TPSA) is 89.9 Å². The van der Waals surface area contributed by atoms with Crippen LogP contribution in [0.1, 0.15) is 29.6 Å². The van der Waals surface area contributed by atoms with Crippen molar-refractivity contribution < 1.29 is 19.5 Å². The fraction of sp³-hybridized carbons (Fsp3) is 0.438. The number of urea groups is 1. The lowest BCUT2D eigenvalue weighted by Crippen LogP contribution is -2.47. The van der Waals surface area contributed by atoms with E-state index in [2.05, 4.69) is 5.32 Å². The quantitative estimate of drug-likeness (QED) is 0.879. The molecule has 0 saturated carbocycles. The number of carbonyl (C=O) groups is 3. The minimum absolute atomic E-state index is 0.147. The van der Waals surface area contributed by atoms with Crippen molar-refractivity contribution in [1.29, 1.82) is 0 Å². The Morgan fingerprint density at radius 1 is 1.13 bits per heavy atom. The number of hydrogen-bond donors (Lipinski definition) is 2. The zero-order chi connectivity index (χ0) is 16.4. The van der Waals surface area contributed by atoms with E-state index in [1.165, 1.54) is 4.90 Å². The van der Waals surface area contributed by atoms with Gasteiger partial charge in [-0.1, -0.05) is 0 Å². The Kier molecular flexibility index (Phi) is 4.18. The van der Waals surface area contributed by atoms with Crippen LogP contribution in [0.4, 0.5) is 10.5 Å². The minimum atomic E-state index is -0.955. The van der Waals surface area contributed by atoms with Crippen LogP contribution in [0, 0.1) is 0 Å². The van der Waals surface area contributed by atoms with Crippen LogP contribution in [0.5, 0.6) is 0 Å². The summed E-state index contributed by atoms with van der Waals surface area (Å²) in [6.07, 6.45) is 2.14. The summed E-state index contributed by atoms with van der Waals surface area (Å²) in [4.78, 5) is 38.6. The molecule has 2 saturated heterocycles. The number of amides is 3. The zero-order valence-electron chi connectivity index (χ0n) is 12.7. The molecule has 0 radical (unpaired) electrons. The first-order valence-electron chi connectivity index (χ1n) is 7.77. The van der Waals surface area contributed by atoms with Gasteiger partial charge in [-0.25, -0.2) is 9.59 Å². The number of nitrogens with zero attached hydrogens (tertiary/aromatic N) is 2. The minimum Gasteiger partial charge on any atom is -0.480 e. The average Bonchev–Trinajstić information content (AvgIpc) is 3.00. The van der Waals surface area contributed by atoms with E-state index < -0.39 is 12.0 Å². The van der Waals surface area contributed by atoms with Crippen LogP contribution in [-0.4, -0.2) is 53.6 Å². The molecule has 2 heterocycles. The molecule has 1 atom stereocenters. The van der Waals surface area contributed by atoms with Gasteiger partial charge in [-0.3, -0.25) is 9.69 Å². The first-order chi connectivity index (χ1) is 11.1.